The zero-order valence-electron chi connectivity index (χ0n) is 29.4. The zero-order valence-corrected chi connectivity index (χ0v) is 30.2. The molecule has 1 unspecified atom stereocenters. The molecule has 4 heterocycles. The van der Waals surface area contributed by atoms with Gasteiger partial charge in [-0.05, 0) is 75.1 Å². The van der Waals surface area contributed by atoms with Crippen LogP contribution in [0.15, 0.2) is 29.4 Å². The molecule has 3 N–H and O–H groups in total. The lowest BCUT2D eigenvalue weighted by molar-refractivity contribution is -0.162. The maximum Gasteiger partial charge on any atom is 0.246 e. The number of unbranched alkanes of at least 4 members (excludes halogenated alkanes) is 1. The van der Waals surface area contributed by atoms with Gasteiger partial charge in [-0.1, -0.05) is 39.3 Å². The van der Waals surface area contributed by atoms with Crippen LogP contribution in [0.3, 0.4) is 0 Å². The molecule has 3 saturated heterocycles. The van der Waals surface area contributed by atoms with Crippen LogP contribution in [-0.2, 0) is 24.3 Å². The van der Waals surface area contributed by atoms with Crippen LogP contribution < -0.4 is 10.0 Å². The van der Waals surface area contributed by atoms with Crippen molar-refractivity contribution in [3.63, 3.8) is 0 Å². The number of rotatable bonds is 14. The molecule has 0 saturated carbocycles. The second-order valence-corrected chi connectivity index (χ2v) is 15.9. The number of carbonyl (C=O) groups is 2. The Morgan fingerprint density at radius 1 is 1.02 bits per heavy atom. The molecule has 12 nitrogen and oxygen atoms in total. The third kappa shape index (κ3) is 7.96. The third-order valence-electron chi connectivity index (χ3n) is 10.2. The predicted molar refractivity (Wildman–Crippen MR) is 185 cm³/mol. The summed E-state index contributed by atoms with van der Waals surface area (Å²) in [6.07, 6.45) is 7.89. The second-order valence-electron chi connectivity index (χ2n) is 14.2. The number of sulfonamides is 1. The summed E-state index contributed by atoms with van der Waals surface area (Å²) in [7, 11) is -3.71. The molecule has 3 fully saturated rings. The number of aromatic nitrogens is 2. The third-order valence-corrected chi connectivity index (χ3v) is 12.0. The van der Waals surface area contributed by atoms with E-state index in [1.54, 1.807) is 6.20 Å². The summed E-state index contributed by atoms with van der Waals surface area (Å²) in [5.74, 6) is 0.291. The molecule has 48 heavy (non-hydrogen) atoms. The quantitative estimate of drug-likeness (QED) is 0.258. The molecule has 3 aliphatic heterocycles. The lowest BCUT2D eigenvalue weighted by Crippen LogP contribution is -2.73. The highest BCUT2D eigenvalue weighted by molar-refractivity contribution is 7.89. The lowest BCUT2D eigenvalue weighted by Gasteiger charge is -2.52. The Kier molecular flexibility index (Phi) is 12.0. The second kappa shape index (κ2) is 15.8. The fourth-order valence-electron chi connectivity index (χ4n) is 7.79. The molecule has 0 bridgehead atoms. The summed E-state index contributed by atoms with van der Waals surface area (Å²) in [5.41, 5.74) is 2.44. The van der Waals surface area contributed by atoms with Gasteiger partial charge in [-0.15, -0.1) is 0 Å². The van der Waals surface area contributed by atoms with E-state index in [1.165, 1.54) is 0 Å². The monoisotopic (exact) mass is 685 g/mol. The molecule has 2 amide bonds. The summed E-state index contributed by atoms with van der Waals surface area (Å²) in [6.45, 7) is 16.1. The smallest absolute Gasteiger partial charge is 0.246 e. The number of carbonyl (C=O) groups excluding carboxylic acids is 2. The number of piperazine rings is 1. The number of hydrogen-bond donors (Lipinski definition) is 3. The Hall–Kier alpha value is -2.84. The minimum Gasteiger partial charge on any atom is -0.379 e. The molecule has 13 heteroatoms. The summed E-state index contributed by atoms with van der Waals surface area (Å²) in [6, 6.07) is 3.27. The van der Waals surface area contributed by atoms with Crippen LogP contribution >= 0.6 is 0 Å². The highest BCUT2D eigenvalue weighted by Gasteiger charge is 2.54. The predicted octanol–water partition coefficient (Wildman–Crippen LogP) is 3.12. The lowest BCUT2D eigenvalue weighted by atomic mass is 9.79. The molecule has 3 aliphatic rings. The molecule has 1 aromatic heterocycles. The van der Waals surface area contributed by atoms with Crippen molar-refractivity contribution in [1.82, 2.24) is 34.9 Å². The number of likely N-dealkylation sites (tertiary alicyclic amines) is 1. The van der Waals surface area contributed by atoms with Gasteiger partial charge in [0, 0.05) is 51.0 Å². The van der Waals surface area contributed by atoms with Gasteiger partial charge in [-0.25, -0.2) is 13.1 Å². The highest BCUT2D eigenvalue weighted by Crippen LogP contribution is 2.39. The molecule has 1 aromatic carbocycles. The molecule has 5 rings (SSSR count). The number of aryl methyl sites for hydroxylation is 2. The Balaban J connectivity index is 1.34. The van der Waals surface area contributed by atoms with Crippen LogP contribution in [0.2, 0.25) is 0 Å². The van der Waals surface area contributed by atoms with Crippen LogP contribution in [0.1, 0.15) is 87.6 Å². The van der Waals surface area contributed by atoms with Crippen LogP contribution in [-0.4, -0.2) is 116 Å². The molecule has 0 radical (unpaired) electrons. The van der Waals surface area contributed by atoms with E-state index in [2.05, 4.69) is 50.8 Å². The number of nitrogens with one attached hydrogen (secondary N) is 3. The standard InChI is InChI=1S/C35H55N7O5S/c1-6-7-13-42-33(43)30(20-25(2)3)39-34(44)35(42)9-14-41(15-10-35)31(29-23-36-37-24-29)28-21-26(4)32(27(5)22-28)48(45,46)38-11-8-12-40-16-18-47-19-17-40/h21-25,30-31,38H,6-20H2,1-5H3,(H,36,37)(H,39,44)/t30-,31?/m0/s1. The molecule has 266 valence electrons. The molecule has 2 atom stereocenters. The number of morpholine rings is 1. The molecular formula is C35H55N7O5S. The van der Waals surface area contributed by atoms with Gasteiger partial charge in [0.2, 0.25) is 21.8 Å². The van der Waals surface area contributed by atoms with E-state index < -0.39 is 21.6 Å². The normalized spacial score (nSPS) is 21.6. The highest BCUT2D eigenvalue weighted by atomic mass is 32.2. The first-order chi connectivity index (χ1) is 23.0. The molecule has 0 aliphatic carbocycles. The van der Waals surface area contributed by atoms with Crippen molar-refractivity contribution in [1.29, 1.82) is 0 Å². The zero-order chi connectivity index (χ0) is 34.5. The van der Waals surface area contributed by atoms with E-state index in [4.69, 9.17) is 4.74 Å². The SMILES string of the molecule is CCCCN1C(=O)[C@H](CC(C)C)NC(=O)C12CCN(C(c1cn[nH]c1)c1cc(C)c(S(=O)(=O)NCCCN3CCOCC3)c(C)c1)CC2. The van der Waals surface area contributed by atoms with Crippen molar-refractivity contribution in [3.8, 4) is 0 Å². The number of amides is 2. The largest absolute Gasteiger partial charge is 0.379 e. The fraction of sp³-hybridized carbons (Fsp3) is 0.686. The van der Waals surface area contributed by atoms with Gasteiger partial charge >= 0.3 is 0 Å². The van der Waals surface area contributed by atoms with Crippen molar-refractivity contribution in [2.24, 2.45) is 5.92 Å². The summed E-state index contributed by atoms with van der Waals surface area (Å²) in [4.78, 5) is 34.5. The number of benzene rings is 1. The van der Waals surface area contributed by atoms with Crippen molar-refractivity contribution >= 4 is 21.8 Å². The maximum atomic E-state index is 13.8. The molecule has 1 spiro atoms. The van der Waals surface area contributed by atoms with Crippen LogP contribution in [0.4, 0.5) is 0 Å². The topological polar surface area (TPSA) is 140 Å². The first kappa shape index (κ1) is 36.4. The van der Waals surface area contributed by atoms with Crippen molar-refractivity contribution < 1.29 is 22.7 Å². The Morgan fingerprint density at radius 3 is 2.31 bits per heavy atom. The Labute approximate surface area is 286 Å². The molecular weight excluding hydrogens is 630 g/mol. The number of piperidine rings is 1. The van der Waals surface area contributed by atoms with E-state index in [0.717, 1.165) is 63.2 Å². The van der Waals surface area contributed by atoms with Gasteiger partial charge in [0.25, 0.3) is 0 Å². The minimum absolute atomic E-state index is 0.0364. The number of nitrogens with zero attached hydrogens (tertiary/aromatic N) is 4. The van der Waals surface area contributed by atoms with E-state index in [0.29, 0.717) is 67.4 Å². The average Bonchev–Trinajstić information content (AvgIpc) is 3.57. The van der Waals surface area contributed by atoms with Crippen LogP contribution in [0, 0.1) is 19.8 Å². The van der Waals surface area contributed by atoms with Crippen molar-refractivity contribution in [2.45, 2.75) is 95.7 Å². The van der Waals surface area contributed by atoms with E-state index >= 15 is 0 Å². The summed E-state index contributed by atoms with van der Waals surface area (Å²) < 4.78 is 35.3. The molecule has 2 aromatic rings. The van der Waals surface area contributed by atoms with E-state index in [-0.39, 0.29) is 17.9 Å². The van der Waals surface area contributed by atoms with Gasteiger partial charge in [-0.2, -0.15) is 5.10 Å². The van der Waals surface area contributed by atoms with E-state index in [1.807, 2.05) is 37.1 Å². The van der Waals surface area contributed by atoms with Crippen LogP contribution in [0.25, 0.3) is 0 Å². The number of hydrogen-bond acceptors (Lipinski definition) is 8. The van der Waals surface area contributed by atoms with Gasteiger partial charge in [0.1, 0.15) is 11.6 Å². The Bertz CT molecular complexity index is 1480. The fourth-order valence-corrected chi connectivity index (χ4v) is 9.32. The van der Waals surface area contributed by atoms with E-state index in [9.17, 15) is 18.0 Å². The van der Waals surface area contributed by atoms with Gasteiger partial charge < -0.3 is 15.0 Å². The first-order valence-corrected chi connectivity index (χ1v) is 19.2. The average molecular weight is 686 g/mol. The van der Waals surface area contributed by atoms with Crippen molar-refractivity contribution in [3.05, 3.63) is 46.8 Å². The number of aromatic amines is 1. The Morgan fingerprint density at radius 2 is 1.71 bits per heavy atom. The number of ether oxygens (including phenoxy) is 1. The maximum absolute atomic E-state index is 13.8. The van der Waals surface area contributed by atoms with Crippen LogP contribution in [0.5, 0.6) is 0 Å². The van der Waals surface area contributed by atoms with Gasteiger partial charge in [0.05, 0.1) is 30.3 Å². The minimum atomic E-state index is -3.71. The van der Waals surface area contributed by atoms with Crippen molar-refractivity contribution in [2.75, 3.05) is 59.0 Å². The number of H-pyrrole nitrogens is 1. The summed E-state index contributed by atoms with van der Waals surface area (Å²) in [5, 5.41) is 10.3. The van der Waals surface area contributed by atoms with Gasteiger partial charge in [-0.3, -0.25) is 24.5 Å². The summed E-state index contributed by atoms with van der Waals surface area (Å²) >= 11 is 0. The van der Waals surface area contributed by atoms with Gasteiger partial charge in [0.15, 0.2) is 0 Å². The first-order valence-electron chi connectivity index (χ1n) is 17.7.